The van der Waals surface area contributed by atoms with Crippen LogP contribution in [0.3, 0.4) is 0 Å². The van der Waals surface area contributed by atoms with Gasteiger partial charge in [-0.25, -0.2) is 4.98 Å². The molecule has 0 aliphatic rings. The van der Waals surface area contributed by atoms with Gasteiger partial charge in [0.1, 0.15) is 0 Å². The lowest BCUT2D eigenvalue weighted by atomic mass is 10.1. The normalized spacial score (nSPS) is 10.0. The van der Waals surface area contributed by atoms with Crippen LogP contribution in [0.5, 0.6) is 5.88 Å². The third-order valence-electron chi connectivity index (χ3n) is 2.17. The molecule has 3 heteroatoms. The van der Waals surface area contributed by atoms with Crippen LogP contribution >= 0.6 is 0 Å². The first kappa shape index (κ1) is 9.65. The fraction of sp³-hybridized carbons (Fsp3) is 0.167. The van der Waals surface area contributed by atoms with Crippen LogP contribution in [0.15, 0.2) is 30.6 Å². The van der Waals surface area contributed by atoms with Crippen molar-refractivity contribution >= 4 is 0 Å². The lowest BCUT2D eigenvalue weighted by Gasteiger charge is -2.05. The molecule has 0 fully saturated rings. The third kappa shape index (κ3) is 1.96. The molecule has 0 aliphatic carbocycles. The summed E-state index contributed by atoms with van der Waals surface area (Å²) in [6.07, 6.45) is 3.48. The number of ether oxygens (including phenoxy) is 1. The van der Waals surface area contributed by atoms with E-state index >= 15 is 0 Å². The molecule has 0 saturated carbocycles. The third-order valence-corrected chi connectivity index (χ3v) is 2.17. The molecule has 15 heavy (non-hydrogen) atoms. The van der Waals surface area contributed by atoms with E-state index in [0.717, 1.165) is 16.8 Å². The van der Waals surface area contributed by atoms with E-state index in [-0.39, 0.29) is 0 Å². The van der Waals surface area contributed by atoms with Gasteiger partial charge in [-0.05, 0) is 24.6 Å². The Labute approximate surface area is 88.8 Å². The van der Waals surface area contributed by atoms with Crippen molar-refractivity contribution in [3.8, 4) is 17.0 Å². The maximum atomic E-state index is 5.03. The SMILES string of the molecule is COc1[c]c(-c2cccnc2C)ccn1. The number of hydrogen-bond acceptors (Lipinski definition) is 3. The molecule has 75 valence electrons. The second kappa shape index (κ2) is 4.09. The van der Waals surface area contributed by atoms with Gasteiger partial charge < -0.3 is 4.74 Å². The standard InChI is InChI=1S/C12H11N2O/c1-9-11(4-3-6-13-9)10-5-7-14-12(8-10)15-2/h3-7H,1-2H3. The fourth-order valence-corrected chi connectivity index (χ4v) is 1.40. The van der Waals surface area contributed by atoms with Crippen LogP contribution < -0.4 is 4.74 Å². The van der Waals surface area contributed by atoms with Crippen LogP contribution in [-0.2, 0) is 0 Å². The second-order valence-corrected chi connectivity index (χ2v) is 3.13. The molecular weight excluding hydrogens is 188 g/mol. The highest BCUT2D eigenvalue weighted by Crippen LogP contribution is 2.22. The highest BCUT2D eigenvalue weighted by atomic mass is 16.5. The Bertz CT molecular complexity index is 469. The summed E-state index contributed by atoms with van der Waals surface area (Å²) in [4.78, 5) is 8.24. The number of aryl methyl sites for hydroxylation is 1. The molecule has 0 amide bonds. The van der Waals surface area contributed by atoms with Crippen molar-refractivity contribution in [2.75, 3.05) is 7.11 Å². The van der Waals surface area contributed by atoms with Gasteiger partial charge >= 0.3 is 0 Å². The summed E-state index contributed by atoms with van der Waals surface area (Å²) in [6, 6.07) is 8.89. The molecule has 2 heterocycles. The average Bonchev–Trinajstić information content (AvgIpc) is 2.30. The molecule has 0 atom stereocenters. The number of methoxy groups -OCH3 is 1. The molecule has 0 aliphatic heterocycles. The van der Waals surface area contributed by atoms with Gasteiger partial charge in [0.05, 0.1) is 13.2 Å². The van der Waals surface area contributed by atoms with E-state index in [1.165, 1.54) is 0 Å². The van der Waals surface area contributed by atoms with E-state index in [0.29, 0.717) is 5.88 Å². The highest BCUT2D eigenvalue weighted by molar-refractivity contribution is 5.65. The summed E-state index contributed by atoms with van der Waals surface area (Å²) < 4.78 is 5.03. The van der Waals surface area contributed by atoms with E-state index in [2.05, 4.69) is 16.0 Å². The van der Waals surface area contributed by atoms with E-state index in [4.69, 9.17) is 4.74 Å². The molecule has 0 unspecified atom stereocenters. The maximum Gasteiger partial charge on any atom is 0.221 e. The smallest absolute Gasteiger partial charge is 0.221 e. The van der Waals surface area contributed by atoms with Gasteiger partial charge in [-0.3, -0.25) is 4.98 Å². The molecule has 2 aromatic heterocycles. The maximum absolute atomic E-state index is 5.03. The number of rotatable bonds is 2. The predicted molar refractivity (Wildman–Crippen MR) is 57.6 cm³/mol. The average molecular weight is 199 g/mol. The molecule has 0 N–H and O–H groups in total. The first-order chi connectivity index (χ1) is 7.31. The minimum absolute atomic E-state index is 0.496. The minimum Gasteiger partial charge on any atom is -0.481 e. The Morgan fingerprint density at radius 1 is 1.20 bits per heavy atom. The summed E-state index contributed by atoms with van der Waals surface area (Å²) in [7, 11) is 1.58. The second-order valence-electron chi connectivity index (χ2n) is 3.13. The lowest BCUT2D eigenvalue weighted by Crippen LogP contribution is -1.90. The van der Waals surface area contributed by atoms with Crippen LogP contribution in [0.1, 0.15) is 5.69 Å². The molecule has 3 nitrogen and oxygen atoms in total. The molecular formula is C12H11N2O. The molecule has 0 saturated heterocycles. The monoisotopic (exact) mass is 199 g/mol. The summed E-state index contributed by atoms with van der Waals surface area (Å²) in [5.41, 5.74) is 2.98. The van der Waals surface area contributed by atoms with E-state index in [9.17, 15) is 0 Å². The summed E-state index contributed by atoms with van der Waals surface area (Å²) in [5, 5.41) is 0. The van der Waals surface area contributed by atoms with E-state index < -0.39 is 0 Å². The Morgan fingerprint density at radius 2 is 2.07 bits per heavy atom. The molecule has 0 spiro atoms. The Morgan fingerprint density at radius 3 is 2.80 bits per heavy atom. The Kier molecular flexibility index (Phi) is 2.63. The van der Waals surface area contributed by atoms with Crippen molar-refractivity contribution in [3.05, 3.63) is 42.4 Å². The zero-order valence-electron chi connectivity index (χ0n) is 8.69. The van der Waals surface area contributed by atoms with Crippen molar-refractivity contribution in [2.45, 2.75) is 6.92 Å². The summed E-state index contributed by atoms with van der Waals surface area (Å²) in [6.45, 7) is 1.97. The van der Waals surface area contributed by atoms with Gasteiger partial charge in [-0.2, -0.15) is 0 Å². The van der Waals surface area contributed by atoms with Crippen LogP contribution in [0.2, 0.25) is 0 Å². The fourth-order valence-electron chi connectivity index (χ4n) is 1.40. The Hall–Kier alpha value is -1.90. The largest absolute Gasteiger partial charge is 0.481 e. The van der Waals surface area contributed by atoms with Crippen molar-refractivity contribution in [3.63, 3.8) is 0 Å². The highest BCUT2D eigenvalue weighted by Gasteiger charge is 2.03. The Balaban J connectivity index is 2.49. The van der Waals surface area contributed by atoms with Crippen LogP contribution in [0, 0.1) is 13.0 Å². The van der Waals surface area contributed by atoms with Gasteiger partial charge in [0.25, 0.3) is 0 Å². The van der Waals surface area contributed by atoms with Crippen molar-refractivity contribution in [1.82, 2.24) is 9.97 Å². The van der Waals surface area contributed by atoms with Crippen LogP contribution in [0.4, 0.5) is 0 Å². The lowest BCUT2D eigenvalue weighted by molar-refractivity contribution is 0.397. The van der Waals surface area contributed by atoms with Crippen LogP contribution in [-0.4, -0.2) is 17.1 Å². The minimum atomic E-state index is 0.496. The van der Waals surface area contributed by atoms with Crippen molar-refractivity contribution < 1.29 is 4.74 Å². The number of nitrogens with zero attached hydrogens (tertiary/aromatic N) is 2. The molecule has 0 bridgehead atoms. The van der Waals surface area contributed by atoms with E-state index in [1.54, 1.807) is 19.5 Å². The first-order valence-electron chi connectivity index (χ1n) is 4.65. The van der Waals surface area contributed by atoms with E-state index in [1.807, 2.05) is 25.1 Å². The molecule has 0 aromatic carbocycles. The van der Waals surface area contributed by atoms with Crippen molar-refractivity contribution in [2.24, 2.45) is 0 Å². The topological polar surface area (TPSA) is 35.0 Å². The van der Waals surface area contributed by atoms with Gasteiger partial charge in [0.2, 0.25) is 5.88 Å². The summed E-state index contributed by atoms with van der Waals surface area (Å²) >= 11 is 0. The number of hydrogen-bond donors (Lipinski definition) is 0. The van der Waals surface area contributed by atoms with Gasteiger partial charge in [0, 0.05) is 23.7 Å². The predicted octanol–water partition coefficient (Wildman–Crippen LogP) is 2.26. The molecule has 1 radical (unpaired) electrons. The molecule has 2 aromatic rings. The number of aromatic nitrogens is 2. The van der Waals surface area contributed by atoms with Crippen LogP contribution in [0.25, 0.3) is 11.1 Å². The van der Waals surface area contributed by atoms with Gasteiger partial charge in [-0.1, -0.05) is 6.07 Å². The zero-order chi connectivity index (χ0) is 10.7. The van der Waals surface area contributed by atoms with Gasteiger partial charge in [-0.15, -0.1) is 0 Å². The zero-order valence-corrected chi connectivity index (χ0v) is 8.69. The summed E-state index contributed by atoms with van der Waals surface area (Å²) in [5.74, 6) is 0.496. The number of pyridine rings is 2. The van der Waals surface area contributed by atoms with Crippen molar-refractivity contribution in [1.29, 1.82) is 0 Å². The first-order valence-corrected chi connectivity index (χ1v) is 4.65. The molecule has 2 rings (SSSR count). The van der Waals surface area contributed by atoms with Gasteiger partial charge in [0.15, 0.2) is 0 Å². The quantitative estimate of drug-likeness (QED) is 0.744.